The molecule has 1 aliphatic heterocycles. The normalized spacial score (nSPS) is 16.4. The van der Waals surface area contributed by atoms with Crippen LogP contribution in [-0.4, -0.2) is 51.5 Å². The van der Waals surface area contributed by atoms with Gasteiger partial charge in [-0.25, -0.2) is 4.98 Å². The fourth-order valence-corrected chi connectivity index (χ4v) is 1.87. The SMILES string of the molecule is O=C(c1cn2ccncc2n1)N1CCOCC1. The Morgan fingerprint density at radius 2 is 2.18 bits per heavy atom. The first-order valence-corrected chi connectivity index (χ1v) is 5.50. The lowest BCUT2D eigenvalue weighted by atomic mass is 10.3. The number of amides is 1. The topological polar surface area (TPSA) is 59.7 Å². The van der Waals surface area contributed by atoms with Gasteiger partial charge >= 0.3 is 0 Å². The maximum absolute atomic E-state index is 12.1. The molecule has 1 saturated heterocycles. The van der Waals surface area contributed by atoms with Crippen molar-refractivity contribution in [3.8, 4) is 0 Å². The number of rotatable bonds is 1. The minimum atomic E-state index is -0.0444. The highest BCUT2D eigenvalue weighted by atomic mass is 16.5. The van der Waals surface area contributed by atoms with Crippen LogP contribution in [0.1, 0.15) is 10.5 Å². The van der Waals surface area contributed by atoms with Gasteiger partial charge in [-0.15, -0.1) is 0 Å². The first-order valence-electron chi connectivity index (χ1n) is 5.50. The van der Waals surface area contributed by atoms with Gasteiger partial charge in [0, 0.05) is 31.7 Å². The second kappa shape index (κ2) is 4.14. The Bertz CT molecular complexity index is 512. The highest BCUT2D eigenvalue weighted by molar-refractivity contribution is 5.92. The van der Waals surface area contributed by atoms with Gasteiger partial charge in [-0.2, -0.15) is 0 Å². The van der Waals surface area contributed by atoms with E-state index in [2.05, 4.69) is 9.97 Å². The monoisotopic (exact) mass is 232 g/mol. The van der Waals surface area contributed by atoms with Crippen LogP contribution in [0.15, 0.2) is 24.8 Å². The van der Waals surface area contributed by atoms with Crippen molar-refractivity contribution in [2.24, 2.45) is 0 Å². The summed E-state index contributed by atoms with van der Waals surface area (Å²) in [5, 5.41) is 0. The number of hydrogen-bond donors (Lipinski definition) is 0. The molecule has 0 bridgehead atoms. The molecule has 0 saturated carbocycles. The Hall–Kier alpha value is -1.95. The first-order chi connectivity index (χ1) is 8.34. The van der Waals surface area contributed by atoms with Crippen LogP contribution >= 0.6 is 0 Å². The molecule has 6 nitrogen and oxygen atoms in total. The number of fused-ring (bicyclic) bond motifs is 1. The number of carbonyl (C=O) groups excluding carboxylic acids is 1. The maximum Gasteiger partial charge on any atom is 0.274 e. The quantitative estimate of drug-likeness (QED) is 0.704. The molecule has 88 valence electrons. The third-order valence-electron chi connectivity index (χ3n) is 2.78. The molecule has 1 fully saturated rings. The van der Waals surface area contributed by atoms with Gasteiger partial charge in [-0.3, -0.25) is 9.78 Å². The average molecular weight is 232 g/mol. The molecule has 17 heavy (non-hydrogen) atoms. The summed E-state index contributed by atoms with van der Waals surface area (Å²) in [7, 11) is 0. The number of ether oxygens (including phenoxy) is 1. The summed E-state index contributed by atoms with van der Waals surface area (Å²) in [6, 6.07) is 0. The van der Waals surface area contributed by atoms with Crippen molar-refractivity contribution in [1.29, 1.82) is 0 Å². The molecule has 0 spiro atoms. The standard InChI is InChI=1S/C11H12N4O2/c16-11(14-3-5-17-6-4-14)9-8-15-2-1-12-7-10(15)13-9/h1-2,7-8H,3-6H2. The molecule has 2 aromatic heterocycles. The molecule has 0 atom stereocenters. The third kappa shape index (κ3) is 1.87. The van der Waals surface area contributed by atoms with Gasteiger partial charge in [0.05, 0.1) is 19.4 Å². The van der Waals surface area contributed by atoms with E-state index >= 15 is 0 Å². The van der Waals surface area contributed by atoms with Crippen LogP contribution < -0.4 is 0 Å². The number of morpholine rings is 1. The lowest BCUT2D eigenvalue weighted by Crippen LogP contribution is -2.40. The first kappa shape index (κ1) is 10.2. The summed E-state index contributed by atoms with van der Waals surface area (Å²) in [5.41, 5.74) is 1.14. The van der Waals surface area contributed by atoms with Crippen LogP contribution in [-0.2, 0) is 4.74 Å². The van der Waals surface area contributed by atoms with Gasteiger partial charge in [0.15, 0.2) is 5.65 Å². The third-order valence-corrected chi connectivity index (χ3v) is 2.78. The van der Waals surface area contributed by atoms with E-state index < -0.39 is 0 Å². The van der Waals surface area contributed by atoms with Gasteiger partial charge in [0.25, 0.3) is 5.91 Å². The minimum absolute atomic E-state index is 0.0444. The summed E-state index contributed by atoms with van der Waals surface area (Å²) in [6.07, 6.45) is 6.81. The van der Waals surface area contributed by atoms with Crippen LogP contribution in [0.4, 0.5) is 0 Å². The molecule has 1 amide bonds. The predicted molar refractivity (Wildman–Crippen MR) is 59.7 cm³/mol. The van der Waals surface area contributed by atoms with Crippen LogP contribution in [0.2, 0.25) is 0 Å². The Labute approximate surface area is 97.8 Å². The van der Waals surface area contributed by atoms with Crippen molar-refractivity contribution < 1.29 is 9.53 Å². The zero-order valence-electron chi connectivity index (χ0n) is 9.24. The Morgan fingerprint density at radius 3 is 2.94 bits per heavy atom. The van der Waals surface area contributed by atoms with Gasteiger partial charge < -0.3 is 14.0 Å². The van der Waals surface area contributed by atoms with Crippen LogP contribution in [0.25, 0.3) is 5.65 Å². The fraction of sp³-hybridized carbons (Fsp3) is 0.364. The number of carbonyl (C=O) groups is 1. The minimum Gasteiger partial charge on any atom is -0.378 e. The molecule has 0 unspecified atom stereocenters. The number of nitrogens with zero attached hydrogens (tertiary/aromatic N) is 4. The van der Waals surface area contributed by atoms with E-state index in [-0.39, 0.29) is 5.91 Å². The summed E-state index contributed by atoms with van der Waals surface area (Å²) in [6.45, 7) is 2.46. The fourth-order valence-electron chi connectivity index (χ4n) is 1.87. The second-order valence-corrected chi connectivity index (χ2v) is 3.87. The number of imidazole rings is 1. The number of hydrogen-bond acceptors (Lipinski definition) is 4. The molecule has 0 radical (unpaired) electrons. The zero-order chi connectivity index (χ0) is 11.7. The Kier molecular flexibility index (Phi) is 2.49. The van der Waals surface area contributed by atoms with E-state index in [0.717, 1.165) is 0 Å². The molecule has 0 N–H and O–H groups in total. The molecule has 1 aliphatic rings. The second-order valence-electron chi connectivity index (χ2n) is 3.87. The average Bonchev–Trinajstić information content (AvgIpc) is 2.82. The van der Waals surface area contributed by atoms with Crippen LogP contribution in [0, 0.1) is 0 Å². The van der Waals surface area contributed by atoms with E-state index in [9.17, 15) is 4.79 Å². The Balaban J connectivity index is 1.89. The van der Waals surface area contributed by atoms with E-state index in [0.29, 0.717) is 37.6 Å². The summed E-state index contributed by atoms with van der Waals surface area (Å²) in [4.78, 5) is 22.1. The highest BCUT2D eigenvalue weighted by Crippen LogP contribution is 2.08. The Morgan fingerprint density at radius 1 is 1.35 bits per heavy atom. The highest BCUT2D eigenvalue weighted by Gasteiger charge is 2.20. The van der Waals surface area contributed by atoms with E-state index in [4.69, 9.17) is 4.74 Å². The van der Waals surface area contributed by atoms with Crippen molar-refractivity contribution >= 4 is 11.6 Å². The van der Waals surface area contributed by atoms with E-state index in [1.807, 2.05) is 0 Å². The summed E-state index contributed by atoms with van der Waals surface area (Å²) in [5.74, 6) is -0.0444. The van der Waals surface area contributed by atoms with Gasteiger partial charge in [-0.1, -0.05) is 0 Å². The summed E-state index contributed by atoms with van der Waals surface area (Å²) >= 11 is 0. The molecule has 3 rings (SSSR count). The molecular weight excluding hydrogens is 220 g/mol. The molecule has 2 aromatic rings. The van der Waals surface area contributed by atoms with E-state index in [1.165, 1.54) is 0 Å². The largest absolute Gasteiger partial charge is 0.378 e. The van der Waals surface area contributed by atoms with Crippen LogP contribution in [0.3, 0.4) is 0 Å². The van der Waals surface area contributed by atoms with Crippen molar-refractivity contribution in [2.45, 2.75) is 0 Å². The van der Waals surface area contributed by atoms with Crippen LogP contribution in [0.5, 0.6) is 0 Å². The van der Waals surface area contributed by atoms with Gasteiger partial charge in [0.1, 0.15) is 5.69 Å². The molecule has 3 heterocycles. The van der Waals surface area contributed by atoms with Gasteiger partial charge in [0.2, 0.25) is 0 Å². The lowest BCUT2D eigenvalue weighted by molar-refractivity contribution is 0.0299. The van der Waals surface area contributed by atoms with Gasteiger partial charge in [-0.05, 0) is 0 Å². The summed E-state index contributed by atoms with van der Waals surface area (Å²) < 4.78 is 7.01. The van der Waals surface area contributed by atoms with Crippen molar-refractivity contribution in [1.82, 2.24) is 19.3 Å². The zero-order valence-corrected chi connectivity index (χ0v) is 9.24. The van der Waals surface area contributed by atoms with Crippen molar-refractivity contribution in [3.63, 3.8) is 0 Å². The van der Waals surface area contributed by atoms with Crippen molar-refractivity contribution in [3.05, 3.63) is 30.5 Å². The van der Waals surface area contributed by atoms with E-state index in [1.54, 1.807) is 34.1 Å². The molecule has 0 aliphatic carbocycles. The molecule has 0 aromatic carbocycles. The lowest BCUT2D eigenvalue weighted by Gasteiger charge is -2.25. The predicted octanol–water partition coefficient (Wildman–Crippen LogP) is 0.202. The molecule has 6 heteroatoms. The molecular formula is C11H12N4O2. The van der Waals surface area contributed by atoms with Crippen molar-refractivity contribution in [2.75, 3.05) is 26.3 Å². The number of aromatic nitrogens is 3. The maximum atomic E-state index is 12.1. The smallest absolute Gasteiger partial charge is 0.274 e.